The van der Waals surface area contributed by atoms with Gasteiger partial charge in [0.25, 0.3) is 5.56 Å². The van der Waals surface area contributed by atoms with E-state index >= 15 is 0 Å². The fourth-order valence-electron chi connectivity index (χ4n) is 1.91. The Morgan fingerprint density at radius 1 is 1.53 bits per heavy atom. The van der Waals surface area contributed by atoms with Crippen molar-refractivity contribution in [1.29, 1.82) is 0 Å². The third kappa shape index (κ3) is 3.04. The SMILES string of the molecule is CCC(C)NC(=O)Cn1ccc2sc(C)cc2c1=O. The minimum absolute atomic E-state index is 0.0774. The molecule has 102 valence electrons. The lowest BCUT2D eigenvalue weighted by Crippen LogP contribution is -2.36. The van der Waals surface area contributed by atoms with Crippen molar-refractivity contribution in [3.8, 4) is 0 Å². The molecule has 0 saturated carbocycles. The van der Waals surface area contributed by atoms with Crippen molar-refractivity contribution in [3.63, 3.8) is 0 Å². The van der Waals surface area contributed by atoms with Crippen molar-refractivity contribution in [1.82, 2.24) is 9.88 Å². The second-order valence-corrected chi connectivity index (χ2v) is 6.05. The highest BCUT2D eigenvalue weighted by atomic mass is 32.1. The summed E-state index contributed by atoms with van der Waals surface area (Å²) in [5.41, 5.74) is -0.0962. The standard InChI is InChI=1S/C14H18N2O2S/c1-4-9(2)15-13(17)8-16-6-5-12-11(14(16)18)7-10(3)19-12/h5-7,9H,4,8H2,1-3H3,(H,15,17). The molecule has 1 N–H and O–H groups in total. The third-order valence-corrected chi connectivity index (χ3v) is 4.13. The zero-order valence-electron chi connectivity index (χ0n) is 11.4. The van der Waals surface area contributed by atoms with Crippen LogP contribution in [0.5, 0.6) is 0 Å². The number of hydrogen-bond donors (Lipinski definition) is 1. The lowest BCUT2D eigenvalue weighted by Gasteiger charge is -2.12. The van der Waals surface area contributed by atoms with Gasteiger partial charge in [0, 0.05) is 21.8 Å². The Labute approximate surface area is 116 Å². The van der Waals surface area contributed by atoms with Crippen LogP contribution >= 0.6 is 11.3 Å². The maximum atomic E-state index is 12.2. The highest BCUT2D eigenvalue weighted by Gasteiger charge is 2.10. The molecule has 0 bridgehead atoms. The smallest absolute Gasteiger partial charge is 0.259 e. The molecule has 19 heavy (non-hydrogen) atoms. The van der Waals surface area contributed by atoms with E-state index in [2.05, 4.69) is 5.32 Å². The van der Waals surface area contributed by atoms with Crippen LogP contribution < -0.4 is 10.9 Å². The van der Waals surface area contributed by atoms with Crippen LogP contribution in [-0.2, 0) is 11.3 Å². The Balaban J connectivity index is 2.24. The summed E-state index contributed by atoms with van der Waals surface area (Å²) in [7, 11) is 0. The summed E-state index contributed by atoms with van der Waals surface area (Å²) in [6.45, 7) is 6.02. The first kappa shape index (κ1) is 13.8. The molecule has 1 unspecified atom stereocenters. The number of aryl methyl sites for hydroxylation is 1. The average molecular weight is 278 g/mol. The Kier molecular flexibility index (Phi) is 4.04. The zero-order valence-corrected chi connectivity index (χ0v) is 12.2. The van der Waals surface area contributed by atoms with Gasteiger partial charge in [0.2, 0.25) is 5.91 Å². The molecule has 0 aliphatic heterocycles. The second kappa shape index (κ2) is 5.57. The zero-order chi connectivity index (χ0) is 14.0. The second-order valence-electron chi connectivity index (χ2n) is 4.76. The molecule has 1 atom stereocenters. The lowest BCUT2D eigenvalue weighted by molar-refractivity contribution is -0.122. The maximum Gasteiger partial charge on any atom is 0.259 e. The summed E-state index contributed by atoms with van der Waals surface area (Å²) in [5.74, 6) is -0.122. The van der Waals surface area contributed by atoms with Gasteiger partial charge in [-0.25, -0.2) is 0 Å². The van der Waals surface area contributed by atoms with Crippen molar-refractivity contribution < 1.29 is 4.79 Å². The van der Waals surface area contributed by atoms with E-state index in [4.69, 9.17) is 0 Å². The molecule has 0 radical (unpaired) electrons. The van der Waals surface area contributed by atoms with E-state index in [-0.39, 0.29) is 24.1 Å². The highest BCUT2D eigenvalue weighted by Crippen LogP contribution is 2.21. The molecule has 5 heteroatoms. The Morgan fingerprint density at radius 3 is 2.95 bits per heavy atom. The molecular formula is C14H18N2O2S. The summed E-state index contributed by atoms with van der Waals surface area (Å²) in [4.78, 5) is 25.1. The average Bonchev–Trinajstić information content (AvgIpc) is 2.74. The predicted octanol–water partition coefficient (Wildman–Crippen LogP) is 2.29. The van der Waals surface area contributed by atoms with E-state index in [0.29, 0.717) is 5.39 Å². The van der Waals surface area contributed by atoms with Crippen LogP contribution in [0, 0.1) is 6.92 Å². The molecule has 0 spiro atoms. The summed E-state index contributed by atoms with van der Waals surface area (Å²) in [5, 5.41) is 3.56. The van der Waals surface area contributed by atoms with Crippen LogP contribution in [-0.4, -0.2) is 16.5 Å². The molecule has 1 amide bonds. The van der Waals surface area contributed by atoms with E-state index in [9.17, 15) is 9.59 Å². The Morgan fingerprint density at radius 2 is 2.26 bits per heavy atom. The first-order valence-corrected chi connectivity index (χ1v) is 7.22. The van der Waals surface area contributed by atoms with Crippen LogP contribution in [0.1, 0.15) is 25.1 Å². The minimum Gasteiger partial charge on any atom is -0.352 e. The number of pyridine rings is 1. The van der Waals surface area contributed by atoms with E-state index in [0.717, 1.165) is 16.0 Å². The lowest BCUT2D eigenvalue weighted by atomic mass is 10.2. The predicted molar refractivity (Wildman–Crippen MR) is 78.7 cm³/mol. The number of rotatable bonds is 4. The highest BCUT2D eigenvalue weighted by molar-refractivity contribution is 7.18. The molecule has 0 aliphatic carbocycles. The van der Waals surface area contributed by atoms with Crippen molar-refractivity contribution in [2.45, 2.75) is 39.8 Å². The van der Waals surface area contributed by atoms with Gasteiger partial charge in [-0.2, -0.15) is 0 Å². The first-order valence-electron chi connectivity index (χ1n) is 6.40. The monoisotopic (exact) mass is 278 g/mol. The normalized spacial score (nSPS) is 12.6. The molecular weight excluding hydrogens is 260 g/mol. The molecule has 4 nitrogen and oxygen atoms in total. The fourth-order valence-corrected chi connectivity index (χ4v) is 2.81. The van der Waals surface area contributed by atoms with E-state index in [1.165, 1.54) is 4.57 Å². The fraction of sp³-hybridized carbons (Fsp3) is 0.429. The Hall–Kier alpha value is -1.62. The van der Waals surface area contributed by atoms with Crippen LogP contribution in [0.15, 0.2) is 23.1 Å². The molecule has 2 heterocycles. The number of thiophene rings is 1. The van der Waals surface area contributed by atoms with E-state index in [1.807, 2.05) is 32.9 Å². The van der Waals surface area contributed by atoms with Gasteiger partial charge < -0.3 is 9.88 Å². The first-order chi connectivity index (χ1) is 9.01. The van der Waals surface area contributed by atoms with Gasteiger partial charge in [0.05, 0.1) is 5.39 Å². The van der Waals surface area contributed by atoms with E-state index < -0.39 is 0 Å². The maximum absolute atomic E-state index is 12.2. The van der Waals surface area contributed by atoms with Crippen LogP contribution in [0.3, 0.4) is 0 Å². The quantitative estimate of drug-likeness (QED) is 0.933. The van der Waals surface area contributed by atoms with Gasteiger partial charge >= 0.3 is 0 Å². The number of hydrogen-bond acceptors (Lipinski definition) is 3. The van der Waals surface area contributed by atoms with Gasteiger partial charge in [-0.1, -0.05) is 6.92 Å². The number of amides is 1. The summed E-state index contributed by atoms with van der Waals surface area (Å²) in [6, 6.07) is 3.91. The van der Waals surface area contributed by atoms with Crippen LogP contribution in [0.25, 0.3) is 10.1 Å². The van der Waals surface area contributed by atoms with Gasteiger partial charge in [-0.3, -0.25) is 9.59 Å². The minimum atomic E-state index is -0.122. The van der Waals surface area contributed by atoms with Gasteiger partial charge in [-0.15, -0.1) is 11.3 Å². The summed E-state index contributed by atoms with van der Waals surface area (Å²) < 4.78 is 2.44. The molecule has 2 aromatic heterocycles. The van der Waals surface area contributed by atoms with Crippen molar-refractivity contribution in [2.24, 2.45) is 0 Å². The number of nitrogens with one attached hydrogen (secondary N) is 1. The summed E-state index contributed by atoms with van der Waals surface area (Å²) in [6.07, 6.45) is 2.57. The number of nitrogens with zero attached hydrogens (tertiary/aromatic N) is 1. The Bertz CT molecular complexity index is 657. The van der Waals surface area contributed by atoms with Gasteiger partial charge in [0.15, 0.2) is 0 Å². The van der Waals surface area contributed by atoms with Crippen molar-refractivity contribution in [3.05, 3.63) is 33.6 Å². The molecule has 0 aliphatic rings. The largest absolute Gasteiger partial charge is 0.352 e. The van der Waals surface area contributed by atoms with Crippen LogP contribution in [0.2, 0.25) is 0 Å². The van der Waals surface area contributed by atoms with Crippen molar-refractivity contribution >= 4 is 27.3 Å². The third-order valence-electron chi connectivity index (χ3n) is 3.11. The number of carbonyl (C=O) groups is 1. The molecule has 0 saturated heterocycles. The van der Waals surface area contributed by atoms with E-state index in [1.54, 1.807) is 17.5 Å². The number of carbonyl (C=O) groups excluding carboxylic acids is 1. The molecule has 2 aromatic rings. The van der Waals surface area contributed by atoms with Crippen LogP contribution in [0.4, 0.5) is 0 Å². The van der Waals surface area contributed by atoms with Gasteiger partial charge in [-0.05, 0) is 32.4 Å². The number of aromatic nitrogens is 1. The number of fused-ring (bicyclic) bond motifs is 1. The molecule has 0 fully saturated rings. The molecule has 0 aromatic carbocycles. The summed E-state index contributed by atoms with van der Waals surface area (Å²) >= 11 is 1.59. The molecule has 2 rings (SSSR count). The van der Waals surface area contributed by atoms with Crippen molar-refractivity contribution in [2.75, 3.05) is 0 Å². The van der Waals surface area contributed by atoms with Gasteiger partial charge in [0.1, 0.15) is 6.54 Å². The topological polar surface area (TPSA) is 51.1 Å².